The molecule has 0 atom stereocenters. The fourth-order valence-electron chi connectivity index (χ4n) is 3.09. The summed E-state index contributed by atoms with van der Waals surface area (Å²) in [5.74, 6) is 0.798. The molecule has 0 aliphatic heterocycles. The zero-order valence-corrected chi connectivity index (χ0v) is 17.3. The van der Waals surface area contributed by atoms with Gasteiger partial charge in [-0.3, -0.25) is 15.6 Å². The van der Waals surface area contributed by atoms with Crippen molar-refractivity contribution >= 4 is 23.2 Å². The Bertz CT molecular complexity index is 907. The first kappa shape index (κ1) is 21.1. The molecule has 30 heavy (non-hydrogen) atoms. The van der Waals surface area contributed by atoms with E-state index in [1.54, 1.807) is 0 Å². The van der Waals surface area contributed by atoms with Crippen LogP contribution in [0.25, 0.3) is 0 Å². The molecule has 0 unspecified atom stereocenters. The van der Waals surface area contributed by atoms with Gasteiger partial charge in [-0.25, -0.2) is 9.97 Å². The van der Waals surface area contributed by atoms with Gasteiger partial charge in [0.2, 0.25) is 5.91 Å². The number of hydrazine groups is 1. The minimum absolute atomic E-state index is 0.209. The highest BCUT2D eigenvalue weighted by molar-refractivity contribution is 5.88. The normalized spacial score (nSPS) is 10.8. The summed E-state index contributed by atoms with van der Waals surface area (Å²) in [4.78, 5) is 21.4. The summed E-state index contributed by atoms with van der Waals surface area (Å²) < 4.78 is 0. The van der Waals surface area contributed by atoms with Gasteiger partial charge < -0.3 is 11.1 Å². The van der Waals surface area contributed by atoms with Crippen LogP contribution >= 0.6 is 0 Å². The zero-order valence-electron chi connectivity index (χ0n) is 17.3. The number of hydrogen-bond acceptors (Lipinski definition) is 6. The van der Waals surface area contributed by atoms with E-state index in [4.69, 9.17) is 5.73 Å². The van der Waals surface area contributed by atoms with Crippen molar-refractivity contribution in [2.45, 2.75) is 26.2 Å². The number of hydrogen-bond donors (Lipinski definition) is 4. The molecule has 2 aromatic carbocycles. The fraction of sp³-hybridized carbons (Fsp3) is 0.261. The van der Waals surface area contributed by atoms with Gasteiger partial charge in [0.05, 0.1) is 5.92 Å². The third kappa shape index (κ3) is 5.47. The number of benzene rings is 2. The van der Waals surface area contributed by atoms with Crippen molar-refractivity contribution in [3.05, 3.63) is 78.1 Å². The molecule has 0 bridgehead atoms. The van der Waals surface area contributed by atoms with E-state index in [9.17, 15) is 4.79 Å². The molecule has 1 heterocycles. The van der Waals surface area contributed by atoms with E-state index in [0.29, 0.717) is 23.2 Å². The molecule has 0 fully saturated rings. The molecule has 3 aromatic rings. The molecule has 0 saturated heterocycles. The molecular formula is C23H28N6O. The maximum Gasteiger partial charge on any atom is 0.250 e. The molecule has 1 aromatic heterocycles. The predicted octanol–water partition coefficient (Wildman–Crippen LogP) is 3.79. The van der Waals surface area contributed by atoms with Gasteiger partial charge >= 0.3 is 0 Å². The summed E-state index contributed by atoms with van der Waals surface area (Å²) in [6, 6.07) is 19.3. The Hall–Kier alpha value is -3.61. The number of rotatable bonds is 9. The van der Waals surface area contributed by atoms with Crippen molar-refractivity contribution in [3.63, 3.8) is 0 Å². The third-order valence-electron chi connectivity index (χ3n) is 4.73. The van der Waals surface area contributed by atoms with Crippen molar-refractivity contribution in [2.75, 3.05) is 23.0 Å². The quantitative estimate of drug-likeness (QED) is 0.405. The van der Waals surface area contributed by atoms with E-state index in [0.717, 1.165) is 24.1 Å². The van der Waals surface area contributed by atoms with Crippen LogP contribution in [0.2, 0.25) is 0 Å². The monoisotopic (exact) mass is 404 g/mol. The minimum atomic E-state index is -0.466. The molecule has 0 saturated carbocycles. The molecule has 3 rings (SSSR count). The highest BCUT2D eigenvalue weighted by atomic mass is 16.2. The Morgan fingerprint density at radius 3 is 2.07 bits per heavy atom. The zero-order chi connectivity index (χ0) is 21.3. The van der Waals surface area contributed by atoms with Gasteiger partial charge in [0.15, 0.2) is 11.6 Å². The van der Waals surface area contributed by atoms with Crippen LogP contribution in [0.3, 0.4) is 0 Å². The van der Waals surface area contributed by atoms with Crippen molar-refractivity contribution in [3.8, 4) is 0 Å². The second kappa shape index (κ2) is 10.2. The first-order valence-electron chi connectivity index (χ1n) is 10.1. The molecule has 156 valence electrons. The average Bonchev–Trinajstić information content (AvgIpc) is 2.75. The van der Waals surface area contributed by atoms with Gasteiger partial charge in [-0.2, -0.15) is 0 Å². The minimum Gasteiger partial charge on any atom is -0.393 e. The van der Waals surface area contributed by atoms with Crippen molar-refractivity contribution in [2.24, 2.45) is 5.92 Å². The topological polar surface area (TPSA) is 105 Å². The van der Waals surface area contributed by atoms with E-state index >= 15 is 0 Å². The van der Waals surface area contributed by atoms with E-state index in [-0.39, 0.29) is 5.91 Å². The summed E-state index contributed by atoms with van der Waals surface area (Å²) >= 11 is 0. The molecular weight excluding hydrogens is 376 g/mol. The van der Waals surface area contributed by atoms with Gasteiger partial charge in [0, 0.05) is 6.54 Å². The second-order valence-electron chi connectivity index (χ2n) is 7.46. The SMILES string of the molecule is CC(C)CCNc1ncnc(NNC(=O)C(c2ccccc2)c2ccccc2)c1N. The van der Waals surface area contributed by atoms with Crippen LogP contribution in [0.1, 0.15) is 37.3 Å². The first-order chi connectivity index (χ1) is 14.6. The van der Waals surface area contributed by atoms with Crippen LogP contribution in [-0.4, -0.2) is 22.4 Å². The summed E-state index contributed by atoms with van der Waals surface area (Å²) in [6.07, 6.45) is 2.41. The number of aromatic nitrogens is 2. The van der Waals surface area contributed by atoms with Crippen molar-refractivity contribution in [1.82, 2.24) is 15.4 Å². The number of nitrogens with two attached hydrogens (primary N) is 1. The number of nitrogen functional groups attached to an aromatic ring is 1. The Balaban J connectivity index is 1.73. The van der Waals surface area contributed by atoms with Gasteiger partial charge in [-0.1, -0.05) is 74.5 Å². The summed E-state index contributed by atoms with van der Waals surface area (Å²) in [5.41, 5.74) is 13.9. The average molecular weight is 405 g/mol. The Labute approximate surface area is 177 Å². The molecule has 1 amide bonds. The predicted molar refractivity (Wildman–Crippen MR) is 121 cm³/mol. The highest BCUT2D eigenvalue weighted by Gasteiger charge is 2.22. The van der Waals surface area contributed by atoms with Crippen LogP contribution in [0, 0.1) is 5.92 Å². The molecule has 7 nitrogen and oxygen atoms in total. The fourth-order valence-corrected chi connectivity index (χ4v) is 3.09. The lowest BCUT2D eigenvalue weighted by Crippen LogP contribution is -2.35. The summed E-state index contributed by atoms with van der Waals surface area (Å²) in [7, 11) is 0. The Morgan fingerprint density at radius 2 is 1.50 bits per heavy atom. The largest absolute Gasteiger partial charge is 0.393 e. The maximum atomic E-state index is 13.1. The summed E-state index contributed by atoms with van der Waals surface area (Å²) in [5, 5.41) is 3.22. The molecule has 0 spiro atoms. The van der Waals surface area contributed by atoms with Gasteiger partial charge in [-0.15, -0.1) is 0 Å². The first-order valence-corrected chi connectivity index (χ1v) is 10.1. The lowest BCUT2D eigenvalue weighted by Gasteiger charge is -2.19. The number of anilines is 3. The molecule has 0 aliphatic rings. The lowest BCUT2D eigenvalue weighted by atomic mass is 9.91. The smallest absolute Gasteiger partial charge is 0.250 e. The van der Waals surface area contributed by atoms with E-state index < -0.39 is 5.92 Å². The third-order valence-corrected chi connectivity index (χ3v) is 4.73. The van der Waals surface area contributed by atoms with Gasteiger partial charge in [0.25, 0.3) is 0 Å². The number of amides is 1. The highest BCUT2D eigenvalue weighted by Crippen LogP contribution is 2.26. The van der Waals surface area contributed by atoms with Crippen LogP contribution in [-0.2, 0) is 4.79 Å². The van der Waals surface area contributed by atoms with Crippen molar-refractivity contribution < 1.29 is 4.79 Å². The van der Waals surface area contributed by atoms with Crippen LogP contribution in [0.15, 0.2) is 67.0 Å². The molecule has 7 heteroatoms. The van der Waals surface area contributed by atoms with E-state index in [2.05, 4.69) is 40.0 Å². The maximum absolute atomic E-state index is 13.1. The van der Waals surface area contributed by atoms with E-state index in [1.165, 1.54) is 6.33 Å². The Kier molecular flexibility index (Phi) is 7.21. The van der Waals surface area contributed by atoms with Gasteiger partial charge in [-0.05, 0) is 23.5 Å². The number of carbonyl (C=O) groups is 1. The Morgan fingerprint density at radius 1 is 0.933 bits per heavy atom. The molecule has 5 N–H and O–H groups in total. The van der Waals surface area contributed by atoms with E-state index in [1.807, 2.05) is 60.7 Å². The second-order valence-corrected chi connectivity index (χ2v) is 7.46. The van der Waals surface area contributed by atoms with Crippen molar-refractivity contribution in [1.29, 1.82) is 0 Å². The molecule has 0 aliphatic carbocycles. The lowest BCUT2D eigenvalue weighted by molar-refractivity contribution is -0.121. The van der Waals surface area contributed by atoms with Crippen LogP contribution < -0.4 is 21.9 Å². The standard InChI is InChI=1S/C23H28N6O/c1-16(2)13-14-25-21-20(24)22(27-15-26-21)28-29-23(30)19(17-9-5-3-6-10-17)18-11-7-4-8-12-18/h3-12,15-16,19H,13-14,24H2,1-2H3,(H,29,30)(H2,25,26,27,28). The summed E-state index contributed by atoms with van der Waals surface area (Å²) in [6.45, 7) is 5.07. The number of nitrogens with zero attached hydrogens (tertiary/aromatic N) is 2. The number of nitrogens with one attached hydrogen (secondary N) is 3. The van der Waals surface area contributed by atoms with Gasteiger partial charge in [0.1, 0.15) is 12.0 Å². The molecule has 0 radical (unpaired) electrons. The number of carbonyl (C=O) groups excluding carboxylic acids is 1. The van der Waals surface area contributed by atoms with Crippen LogP contribution in [0.4, 0.5) is 17.3 Å². The van der Waals surface area contributed by atoms with Crippen LogP contribution in [0.5, 0.6) is 0 Å².